The molecule has 0 aliphatic carbocycles. The third-order valence-corrected chi connectivity index (χ3v) is 4.55. The molecule has 134 valence electrons. The van der Waals surface area contributed by atoms with Crippen LogP contribution in [0.15, 0.2) is 0 Å². The molecule has 0 saturated carbocycles. The first kappa shape index (κ1) is 18.5. The highest BCUT2D eigenvalue weighted by atomic mass is 16.6. The molecule has 2 rings (SSSR count). The van der Waals surface area contributed by atoms with Crippen LogP contribution in [0.3, 0.4) is 0 Å². The van der Waals surface area contributed by atoms with E-state index in [1.165, 1.54) is 0 Å². The van der Waals surface area contributed by atoms with Crippen molar-refractivity contribution in [2.75, 3.05) is 39.4 Å². The van der Waals surface area contributed by atoms with Gasteiger partial charge in [-0.25, -0.2) is 4.79 Å². The molecule has 2 heterocycles. The standard InChI is InChI=1S/C17H33N3O3/c1-6-15-12-22-8-7-19(15)10-14-11-20(13(2)9-18-14)16(21)23-17(3,4)5/h13-15,18H,6-12H2,1-5H3/t13-,14+,15-/m1/s1. The smallest absolute Gasteiger partial charge is 0.410 e. The molecule has 0 spiro atoms. The normalized spacial score (nSPS) is 30.3. The number of carbonyl (C=O) groups is 1. The molecule has 0 unspecified atom stereocenters. The number of piperazine rings is 1. The van der Waals surface area contributed by atoms with Gasteiger partial charge < -0.3 is 19.7 Å². The van der Waals surface area contributed by atoms with Gasteiger partial charge in [-0.3, -0.25) is 4.90 Å². The Bertz CT molecular complexity index is 397. The summed E-state index contributed by atoms with van der Waals surface area (Å²) in [6.45, 7) is 15.1. The third-order valence-electron chi connectivity index (χ3n) is 4.55. The summed E-state index contributed by atoms with van der Waals surface area (Å²) in [5, 5.41) is 3.58. The zero-order valence-corrected chi connectivity index (χ0v) is 15.3. The van der Waals surface area contributed by atoms with Crippen molar-refractivity contribution in [3.8, 4) is 0 Å². The minimum Gasteiger partial charge on any atom is -0.444 e. The van der Waals surface area contributed by atoms with Crippen LogP contribution in [0.5, 0.6) is 0 Å². The Hall–Kier alpha value is -0.850. The number of rotatable bonds is 3. The predicted octanol–water partition coefficient (Wildman–Crippen LogP) is 1.69. The second-order valence-corrected chi connectivity index (χ2v) is 7.72. The number of carbonyl (C=O) groups excluding carboxylic acids is 1. The quantitative estimate of drug-likeness (QED) is 0.855. The molecule has 0 aromatic carbocycles. The Labute approximate surface area is 140 Å². The average Bonchev–Trinajstić information content (AvgIpc) is 2.48. The largest absolute Gasteiger partial charge is 0.444 e. The Morgan fingerprint density at radius 3 is 2.78 bits per heavy atom. The van der Waals surface area contributed by atoms with Crippen LogP contribution in [0.1, 0.15) is 41.0 Å². The molecular formula is C17H33N3O3. The van der Waals surface area contributed by atoms with Crippen LogP contribution in [0, 0.1) is 0 Å². The molecule has 6 nitrogen and oxygen atoms in total. The van der Waals surface area contributed by atoms with Crippen LogP contribution >= 0.6 is 0 Å². The summed E-state index contributed by atoms with van der Waals surface area (Å²) >= 11 is 0. The zero-order chi connectivity index (χ0) is 17.0. The van der Waals surface area contributed by atoms with Gasteiger partial charge in [0.15, 0.2) is 0 Å². The summed E-state index contributed by atoms with van der Waals surface area (Å²) in [4.78, 5) is 16.8. The van der Waals surface area contributed by atoms with Crippen LogP contribution in [0.2, 0.25) is 0 Å². The number of hydrogen-bond donors (Lipinski definition) is 1. The van der Waals surface area contributed by atoms with Crippen LogP contribution in [-0.2, 0) is 9.47 Å². The summed E-state index contributed by atoms with van der Waals surface area (Å²) < 4.78 is 11.1. The molecule has 2 saturated heterocycles. The van der Waals surface area contributed by atoms with E-state index in [0.717, 1.165) is 39.3 Å². The lowest BCUT2D eigenvalue weighted by Crippen LogP contribution is -2.62. The number of nitrogens with one attached hydrogen (secondary N) is 1. The second-order valence-electron chi connectivity index (χ2n) is 7.72. The first-order valence-corrected chi connectivity index (χ1v) is 8.85. The number of nitrogens with zero attached hydrogens (tertiary/aromatic N) is 2. The van der Waals surface area contributed by atoms with E-state index in [1.54, 1.807) is 0 Å². The molecule has 3 atom stereocenters. The number of ether oxygens (including phenoxy) is 2. The molecule has 1 N–H and O–H groups in total. The maximum absolute atomic E-state index is 12.4. The molecule has 2 fully saturated rings. The van der Waals surface area contributed by atoms with Gasteiger partial charge in [0.2, 0.25) is 0 Å². The minimum atomic E-state index is -0.450. The summed E-state index contributed by atoms with van der Waals surface area (Å²) in [5.41, 5.74) is -0.450. The van der Waals surface area contributed by atoms with Crippen molar-refractivity contribution < 1.29 is 14.3 Å². The van der Waals surface area contributed by atoms with Crippen LogP contribution in [0.25, 0.3) is 0 Å². The van der Waals surface area contributed by atoms with Gasteiger partial charge in [0.25, 0.3) is 0 Å². The van der Waals surface area contributed by atoms with E-state index in [9.17, 15) is 4.79 Å². The van der Waals surface area contributed by atoms with Gasteiger partial charge in [-0.15, -0.1) is 0 Å². The van der Waals surface area contributed by atoms with E-state index in [1.807, 2.05) is 25.7 Å². The fourth-order valence-electron chi connectivity index (χ4n) is 3.22. The fourth-order valence-corrected chi connectivity index (χ4v) is 3.22. The van der Waals surface area contributed by atoms with E-state index >= 15 is 0 Å². The summed E-state index contributed by atoms with van der Waals surface area (Å²) in [7, 11) is 0. The molecule has 2 aliphatic heterocycles. The number of amides is 1. The molecule has 0 bridgehead atoms. The van der Waals surface area contributed by atoms with Crippen molar-refractivity contribution in [1.82, 2.24) is 15.1 Å². The molecule has 23 heavy (non-hydrogen) atoms. The van der Waals surface area contributed by atoms with Crippen molar-refractivity contribution in [2.45, 2.75) is 64.8 Å². The van der Waals surface area contributed by atoms with Crippen molar-refractivity contribution in [3.63, 3.8) is 0 Å². The monoisotopic (exact) mass is 327 g/mol. The fraction of sp³-hybridized carbons (Fsp3) is 0.941. The topological polar surface area (TPSA) is 54.0 Å². The van der Waals surface area contributed by atoms with Gasteiger partial charge in [-0.05, 0) is 34.1 Å². The van der Waals surface area contributed by atoms with Gasteiger partial charge in [0, 0.05) is 44.3 Å². The van der Waals surface area contributed by atoms with Gasteiger partial charge in [0.05, 0.1) is 13.2 Å². The molecular weight excluding hydrogens is 294 g/mol. The molecule has 0 aromatic heterocycles. The Kier molecular flexibility index (Phi) is 6.28. The van der Waals surface area contributed by atoms with Gasteiger partial charge in [-0.1, -0.05) is 6.92 Å². The number of morpholine rings is 1. The second kappa shape index (κ2) is 7.81. The van der Waals surface area contributed by atoms with E-state index in [4.69, 9.17) is 9.47 Å². The summed E-state index contributed by atoms with van der Waals surface area (Å²) in [5.74, 6) is 0. The Morgan fingerprint density at radius 2 is 2.13 bits per heavy atom. The third kappa shape index (κ3) is 5.33. The van der Waals surface area contributed by atoms with E-state index in [0.29, 0.717) is 12.6 Å². The van der Waals surface area contributed by atoms with Crippen LogP contribution in [-0.4, -0.2) is 79.0 Å². The minimum absolute atomic E-state index is 0.160. The SMILES string of the molecule is CC[C@@H]1COCCN1C[C@H]1CN(C(=O)OC(C)(C)C)[C@H](C)CN1. The van der Waals surface area contributed by atoms with E-state index in [2.05, 4.69) is 24.1 Å². The molecule has 2 aliphatic rings. The number of hydrogen-bond acceptors (Lipinski definition) is 5. The predicted molar refractivity (Wildman–Crippen MR) is 90.7 cm³/mol. The van der Waals surface area contributed by atoms with Gasteiger partial charge in [0.1, 0.15) is 5.60 Å². The average molecular weight is 327 g/mol. The molecule has 0 aromatic rings. The highest BCUT2D eigenvalue weighted by molar-refractivity contribution is 5.68. The first-order chi connectivity index (χ1) is 10.8. The van der Waals surface area contributed by atoms with E-state index < -0.39 is 5.60 Å². The lowest BCUT2D eigenvalue weighted by Gasteiger charge is -2.43. The summed E-state index contributed by atoms with van der Waals surface area (Å²) in [6, 6.07) is 0.929. The highest BCUT2D eigenvalue weighted by Gasteiger charge is 2.33. The van der Waals surface area contributed by atoms with Gasteiger partial charge >= 0.3 is 6.09 Å². The lowest BCUT2D eigenvalue weighted by atomic mass is 10.1. The maximum atomic E-state index is 12.4. The maximum Gasteiger partial charge on any atom is 0.410 e. The highest BCUT2D eigenvalue weighted by Crippen LogP contribution is 2.17. The van der Waals surface area contributed by atoms with E-state index in [-0.39, 0.29) is 18.2 Å². The van der Waals surface area contributed by atoms with Crippen molar-refractivity contribution in [3.05, 3.63) is 0 Å². The molecule has 0 radical (unpaired) electrons. The Balaban J connectivity index is 1.92. The van der Waals surface area contributed by atoms with Crippen molar-refractivity contribution in [1.29, 1.82) is 0 Å². The molecule has 6 heteroatoms. The van der Waals surface area contributed by atoms with Crippen LogP contribution < -0.4 is 5.32 Å². The van der Waals surface area contributed by atoms with Crippen molar-refractivity contribution in [2.24, 2.45) is 0 Å². The zero-order valence-electron chi connectivity index (χ0n) is 15.3. The van der Waals surface area contributed by atoms with Crippen LogP contribution in [0.4, 0.5) is 4.79 Å². The molecule has 1 amide bonds. The Morgan fingerprint density at radius 1 is 1.39 bits per heavy atom. The first-order valence-electron chi connectivity index (χ1n) is 8.85. The van der Waals surface area contributed by atoms with Crippen molar-refractivity contribution >= 4 is 6.09 Å². The lowest BCUT2D eigenvalue weighted by molar-refractivity contribution is -0.0215. The summed E-state index contributed by atoms with van der Waals surface area (Å²) in [6.07, 6.45) is 0.893. The van der Waals surface area contributed by atoms with Gasteiger partial charge in [-0.2, -0.15) is 0 Å².